The van der Waals surface area contributed by atoms with Crippen LogP contribution in [0.2, 0.25) is 0 Å². The van der Waals surface area contributed by atoms with Gasteiger partial charge >= 0.3 is 0 Å². The molecule has 162 valence electrons. The highest BCUT2D eigenvalue weighted by Crippen LogP contribution is 2.40. The third-order valence-electron chi connectivity index (χ3n) is 6.33. The normalized spacial score (nSPS) is 11.1. The number of rotatable bonds is 4. The molecule has 0 aliphatic rings. The topological polar surface area (TPSA) is 3.24 Å². The van der Waals surface area contributed by atoms with Gasteiger partial charge in [-0.25, -0.2) is 0 Å². The smallest absolute Gasteiger partial charge is 0.0540 e. The van der Waals surface area contributed by atoms with E-state index < -0.39 is 0 Å². The molecule has 0 radical (unpaired) electrons. The van der Waals surface area contributed by atoms with Crippen molar-refractivity contribution in [3.05, 3.63) is 138 Å². The van der Waals surface area contributed by atoms with Gasteiger partial charge in [0.1, 0.15) is 0 Å². The number of hydrogen-bond acceptors (Lipinski definition) is 1. The Morgan fingerprint density at radius 2 is 1.06 bits per heavy atom. The van der Waals surface area contributed by atoms with Crippen LogP contribution in [0.4, 0.5) is 17.1 Å². The standard InChI is InChI=1S/C32H22BrN/c33-31-17-8-15-29-27(14-7-16-30(29)31)24-19-21-26(22-20-24)34(25-11-2-1-3-12-25)32-18-6-10-23-9-4-5-13-28(23)32/h1-22H. The van der Waals surface area contributed by atoms with Crippen molar-refractivity contribution in [1.29, 1.82) is 0 Å². The Bertz CT molecular complexity index is 1600. The zero-order valence-electron chi connectivity index (χ0n) is 18.5. The Labute approximate surface area is 208 Å². The SMILES string of the molecule is Brc1cccc2c(-c3ccc(N(c4ccccc4)c4cccc5ccccc45)cc3)cccc12. The van der Waals surface area contributed by atoms with Crippen LogP contribution < -0.4 is 4.90 Å². The van der Waals surface area contributed by atoms with Crippen molar-refractivity contribution >= 4 is 54.5 Å². The van der Waals surface area contributed by atoms with Crippen LogP contribution in [0.3, 0.4) is 0 Å². The fraction of sp³-hybridized carbons (Fsp3) is 0. The first-order chi connectivity index (χ1) is 16.8. The number of halogens is 1. The van der Waals surface area contributed by atoms with Crippen molar-refractivity contribution in [3.63, 3.8) is 0 Å². The number of nitrogens with zero attached hydrogens (tertiary/aromatic N) is 1. The van der Waals surface area contributed by atoms with E-state index in [9.17, 15) is 0 Å². The summed E-state index contributed by atoms with van der Waals surface area (Å²) in [4.78, 5) is 2.34. The van der Waals surface area contributed by atoms with Gasteiger partial charge in [-0.15, -0.1) is 0 Å². The predicted octanol–water partition coefficient (Wildman–Crippen LogP) is 9.89. The molecular weight excluding hydrogens is 478 g/mol. The largest absolute Gasteiger partial charge is 0.310 e. The summed E-state index contributed by atoms with van der Waals surface area (Å²) < 4.78 is 1.12. The lowest BCUT2D eigenvalue weighted by molar-refractivity contribution is 1.30. The highest BCUT2D eigenvalue weighted by molar-refractivity contribution is 9.10. The first-order valence-corrected chi connectivity index (χ1v) is 12.2. The molecule has 34 heavy (non-hydrogen) atoms. The second-order valence-corrected chi connectivity index (χ2v) is 9.21. The van der Waals surface area contributed by atoms with Crippen LogP contribution in [0.15, 0.2) is 138 Å². The van der Waals surface area contributed by atoms with E-state index in [1.54, 1.807) is 0 Å². The van der Waals surface area contributed by atoms with Gasteiger partial charge in [0, 0.05) is 21.2 Å². The second-order valence-electron chi connectivity index (χ2n) is 8.36. The number of fused-ring (bicyclic) bond motifs is 2. The minimum absolute atomic E-state index is 1.12. The number of hydrogen-bond donors (Lipinski definition) is 0. The van der Waals surface area contributed by atoms with Crippen LogP contribution in [-0.4, -0.2) is 0 Å². The fourth-order valence-corrected chi connectivity index (χ4v) is 5.22. The first kappa shape index (κ1) is 20.7. The zero-order chi connectivity index (χ0) is 22.9. The Morgan fingerprint density at radius 1 is 0.441 bits per heavy atom. The monoisotopic (exact) mass is 499 g/mol. The average Bonchev–Trinajstić information content (AvgIpc) is 2.90. The average molecular weight is 500 g/mol. The molecular formula is C32H22BrN. The quantitative estimate of drug-likeness (QED) is 0.233. The van der Waals surface area contributed by atoms with Crippen LogP contribution in [0, 0.1) is 0 Å². The van der Waals surface area contributed by atoms with Gasteiger partial charge in [-0.1, -0.05) is 113 Å². The lowest BCUT2D eigenvalue weighted by Crippen LogP contribution is -2.10. The Balaban J connectivity index is 1.50. The Morgan fingerprint density at radius 3 is 1.91 bits per heavy atom. The lowest BCUT2D eigenvalue weighted by Gasteiger charge is -2.27. The van der Waals surface area contributed by atoms with E-state index in [0.717, 1.165) is 15.8 Å². The summed E-state index contributed by atoms with van der Waals surface area (Å²) in [5.41, 5.74) is 5.89. The van der Waals surface area contributed by atoms with E-state index >= 15 is 0 Å². The third-order valence-corrected chi connectivity index (χ3v) is 7.02. The molecule has 0 unspecified atom stereocenters. The van der Waals surface area contributed by atoms with Crippen molar-refractivity contribution in [2.75, 3.05) is 4.90 Å². The van der Waals surface area contributed by atoms with E-state index in [2.05, 4.69) is 154 Å². The Hall–Kier alpha value is -3.88. The molecule has 0 heterocycles. The maximum atomic E-state index is 3.70. The summed E-state index contributed by atoms with van der Waals surface area (Å²) in [6.07, 6.45) is 0. The van der Waals surface area contributed by atoms with Crippen molar-refractivity contribution < 1.29 is 0 Å². The van der Waals surface area contributed by atoms with E-state index in [1.807, 2.05) is 0 Å². The van der Waals surface area contributed by atoms with E-state index in [4.69, 9.17) is 0 Å². The minimum Gasteiger partial charge on any atom is -0.310 e. The van der Waals surface area contributed by atoms with Crippen LogP contribution in [0.25, 0.3) is 32.7 Å². The molecule has 0 aromatic heterocycles. The second kappa shape index (κ2) is 8.81. The molecule has 0 fully saturated rings. The molecule has 2 heteroatoms. The number of benzene rings is 6. The highest BCUT2D eigenvalue weighted by atomic mass is 79.9. The summed E-state index contributed by atoms with van der Waals surface area (Å²) in [5, 5.41) is 4.94. The van der Waals surface area contributed by atoms with Gasteiger partial charge in [-0.3, -0.25) is 0 Å². The Kier molecular flexibility index (Phi) is 5.37. The minimum atomic E-state index is 1.12. The van der Waals surface area contributed by atoms with E-state index in [0.29, 0.717) is 0 Å². The highest BCUT2D eigenvalue weighted by Gasteiger charge is 2.15. The molecule has 0 saturated heterocycles. The summed E-state index contributed by atoms with van der Waals surface area (Å²) in [5.74, 6) is 0. The van der Waals surface area contributed by atoms with Crippen molar-refractivity contribution in [2.45, 2.75) is 0 Å². The van der Waals surface area contributed by atoms with Gasteiger partial charge in [0.25, 0.3) is 0 Å². The molecule has 6 aromatic rings. The van der Waals surface area contributed by atoms with Gasteiger partial charge in [0.15, 0.2) is 0 Å². The van der Waals surface area contributed by atoms with Crippen LogP contribution in [-0.2, 0) is 0 Å². The first-order valence-electron chi connectivity index (χ1n) is 11.4. The van der Waals surface area contributed by atoms with E-state index in [-0.39, 0.29) is 0 Å². The lowest BCUT2D eigenvalue weighted by atomic mass is 9.98. The van der Waals surface area contributed by atoms with Crippen molar-refractivity contribution in [3.8, 4) is 11.1 Å². The summed E-state index contributed by atoms with van der Waals surface area (Å²) in [7, 11) is 0. The number of anilines is 3. The van der Waals surface area contributed by atoms with Crippen LogP contribution >= 0.6 is 15.9 Å². The molecule has 0 aliphatic carbocycles. The summed E-state index contributed by atoms with van der Waals surface area (Å²) in [6.45, 7) is 0. The van der Waals surface area contributed by atoms with Gasteiger partial charge in [-0.2, -0.15) is 0 Å². The summed E-state index contributed by atoms with van der Waals surface area (Å²) >= 11 is 3.70. The van der Waals surface area contributed by atoms with Crippen LogP contribution in [0.1, 0.15) is 0 Å². The molecule has 0 aliphatic heterocycles. The molecule has 6 aromatic carbocycles. The molecule has 0 amide bonds. The molecule has 0 atom stereocenters. The van der Waals surface area contributed by atoms with Crippen LogP contribution in [0.5, 0.6) is 0 Å². The third kappa shape index (κ3) is 3.67. The maximum Gasteiger partial charge on any atom is 0.0540 e. The summed E-state index contributed by atoms with van der Waals surface area (Å²) in [6, 6.07) is 47.4. The van der Waals surface area contributed by atoms with Gasteiger partial charge < -0.3 is 4.90 Å². The molecule has 0 bridgehead atoms. The fourth-order valence-electron chi connectivity index (χ4n) is 4.72. The van der Waals surface area contributed by atoms with Gasteiger partial charge in [-0.05, 0) is 63.7 Å². The van der Waals surface area contributed by atoms with Crippen molar-refractivity contribution in [2.24, 2.45) is 0 Å². The van der Waals surface area contributed by atoms with E-state index in [1.165, 1.54) is 38.4 Å². The van der Waals surface area contributed by atoms with Crippen molar-refractivity contribution in [1.82, 2.24) is 0 Å². The van der Waals surface area contributed by atoms with Gasteiger partial charge in [0.2, 0.25) is 0 Å². The zero-order valence-corrected chi connectivity index (χ0v) is 20.1. The molecule has 0 saturated carbocycles. The predicted molar refractivity (Wildman–Crippen MR) is 149 cm³/mol. The molecule has 6 rings (SSSR count). The molecule has 0 spiro atoms. The number of para-hydroxylation sites is 1. The maximum absolute atomic E-state index is 3.70. The van der Waals surface area contributed by atoms with Gasteiger partial charge in [0.05, 0.1) is 5.69 Å². The molecule has 1 nitrogen and oxygen atoms in total. The molecule has 0 N–H and O–H groups in total.